The Bertz CT molecular complexity index is 365. The molecule has 1 aromatic carbocycles. The van der Waals surface area contributed by atoms with E-state index in [1.54, 1.807) is 6.08 Å². The maximum absolute atomic E-state index is 11.3. The van der Waals surface area contributed by atoms with Crippen LogP contribution < -0.4 is 0 Å². The molecule has 0 saturated carbocycles. The van der Waals surface area contributed by atoms with Crippen LogP contribution in [0.1, 0.15) is 24.3 Å². The largest absolute Gasteiger partial charge is 0.512 e. The number of benzene rings is 1. The fourth-order valence-corrected chi connectivity index (χ4v) is 1.78. The molecule has 0 aromatic heterocycles. The molecule has 0 aliphatic heterocycles. The Morgan fingerprint density at radius 1 is 1.21 bits per heavy atom. The average Bonchev–Trinajstić information content (AvgIpc) is 2.18. The first kappa shape index (κ1) is 9.00. The molecule has 0 heterocycles. The minimum atomic E-state index is 0.0532. The van der Waals surface area contributed by atoms with Crippen LogP contribution in [-0.4, -0.2) is 10.9 Å². The molecule has 1 atom stereocenters. The lowest BCUT2D eigenvalue weighted by Gasteiger charge is -2.17. The van der Waals surface area contributed by atoms with Gasteiger partial charge in [0.15, 0.2) is 0 Å². The third-order valence-electron chi connectivity index (χ3n) is 2.45. The molecule has 2 rings (SSSR count). The first-order valence-corrected chi connectivity index (χ1v) is 4.72. The van der Waals surface area contributed by atoms with E-state index in [0.717, 1.165) is 5.56 Å². The molecule has 0 amide bonds. The van der Waals surface area contributed by atoms with Crippen molar-refractivity contribution < 1.29 is 9.90 Å². The van der Waals surface area contributed by atoms with Gasteiger partial charge in [-0.15, -0.1) is 0 Å². The van der Waals surface area contributed by atoms with Crippen LogP contribution in [0.5, 0.6) is 0 Å². The van der Waals surface area contributed by atoms with Gasteiger partial charge in [0, 0.05) is 12.3 Å². The molecule has 2 heteroatoms. The summed E-state index contributed by atoms with van der Waals surface area (Å²) in [5.41, 5.74) is 1.09. The van der Waals surface area contributed by atoms with Gasteiger partial charge >= 0.3 is 0 Å². The standard InChI is InChI=1S/C12H12O2/c13-11-6-10(7-12(14)8-11)9-4-2-1-3-5-9/h1-6,10,13H,7-8H2. The van der Waals surface area contributed by atoms with Gasteiger partial charge in [-0.2, -0.15) is 0 Å². The Morgan fingerprint density at radius 3 is 2.57 bits per heavy atom. The predicted octanol–water partition coefficient (Wildman–Crippen LogP) is 2.58. The molecule has 1 aromatic rings. The van der Waals surface area contributed by atoms with E-state index in [1.165, 1.54) is 0 Å². The predicted molar refractivity (Wildman–Crippen MR) is 54.1 cm³/mol. The lowest BCUT2D eigenvalue weighted by Crippen LogP contribution is -2.12. The number of ketones is 1. The molecule has 0 fully saturated rings. The normalized spacial score (nSPS) is 21.9. The Morgan fingerprint density at radius 2 is 1.93 bits per heavy atom. The van der Waals surface area contributed by atoms with E-state index in [4.69, 9.17) is 0 Å². The highest BCUT2D eigenvalue weighted by Gasteiger charge is 2.20. The highest BCUT2D eigenvalue weighted by atomic mass is 16.3. The molecule has 2 nitrogen and oxygen atoms in total. The van der Waals surface area contributed by atoms with E-state index >= 15 is 0 Å². The molecule has 1 unspecified atom stereocenters. The molecule has 0 bridgehead atoms. The third kappa shape index (κ3) is 1.84. The fraction of sp³-hybridized carbons (Fsp3) is 0.250. The zero-order valence-electron chi connectivity index (χ0n) is 7.81. The summed E-state index contributed by atoms with van der Waals surface area (Å²) in [6.07, 6.45) is 2.48. The van der Waals surface area contributed by atoms with Gasteiger partial charge in [0.2, 0.25) is 0 Å². The van der Waals surface area contributed by atoms with Gasteiger partial charge in [0.05, 0.1) is 12.2 Å². The van der Waals surface area contributed by atoms with Crippen LogP contribution in [0.15, 0.2) is 42.2 Å². The van der Waals surface area contributed by atoms with Gasteiger partial charge in [0.25, 0.3) is 0 Å². The highest BCUT2D eigenvalue weighted by molar-refractivity contribution is 5.82. The van der Waals surface area contributed by atoms with Crippen LogP contribution in [-0.2, 0) is 4.79 Å². The zero-order chi connectivity index (χ0) is 9.97. The monoisotopic (exact) mass is 188 g/mol. The Kier molecular flexibility index (Phi) is 2.35. The summed E-state index contributed by atoms with van der Waals surface area (Å²) < 4.78 is 0. The van der Waals surface area contributed by atoms with Gasteiger partial charge < -0.3 is 5.11 Å². The van der Waals surface area contributed by atoms with Crippen LogP contribution in [0, 0.1) is 0 Å². The number of allylic oxidation sites excluding steroid dienone is 2. The van der Waals surface area contributed by atoms with E-state index in [-0.39, 0.29) is 23.9 Å². The van der Waals surface area contributed by atoms with E-state index < -0.39 is 0 Å². The second kappa shape index (κ2) is 3.66. The molecule has 1 aliphatic carbocycles. The van der Waals surface area contributed by atoms with Crippen LogP contribution in [0.2, 0.25) is 0 Å². The molecule has 0 saturated heterocycles. The minimum Gasteiger partial charge on any atom is -0.512 e. The molecule has 14 heavy (non-hydrogen) atoms. The topological polar surface area (TPSA) is 37.3 Å². The molecular formula is C12H12O2. The lowest BCUT2D eigenvalue weighted by molar-refractivity contribution is -0.119. The zero-order valence-corrected chi connectivity index (χ0v) is 7.81. The molecule has 0 spiro atoms. The van der Waals surface area contributed by atoms with Gasteiger partial charge in [-0.25, -0.2) is 0 Å². The van der Waals surface area contributed by atoms with E-state index in [2.05, 4.69) is 0 Å². The van der Waals surface area contributed by atoms with Crippen molar-refractivity contribution in [3.05, 3.63) is 47.7 Å². The van der Waals surface area contributed by atoms with Crippen molar-refractivity contribution in [2.75, 3.05) is 0 Å². The Labute approximate surface area is 82.9 Å². The Hall–Kier alpha value is -1.57. The molecule has 0 radical (unpaired) electrons. The van der Waals surface area contributed by atoms with Crippen molar-refractivity contribution in [3.63, 3.8) is 0 Å². The maximum atomic E-state index is 11.3. The van der Waals surface area contributed by atoms with Crippen LogP contribution in [0.3, 0.4) is 0 Å². The second-order valence-corrected chi connectivity index (χ2v) is 3.59. The van der Waals surface area contributed by atoms with Gasteiger partial charge in [0.1, 0.15) is 5.78 Å². The molecule has 72 valence electrons. The summed E-state index contributed by atoms with van der Waals surface area (Å²) in [7, 11) is 0. The number of Topliss-reactive ketones (excluding diaryl/α,β-unsaturated/α-hetero) is 1. The van der Waals surface area contributed by atoms with Gasteiger partial charge in [-0.1, -0.05) is 30.3 Å². The summed E-state index contributed by atoms with van der Waals surface area (Å²) in [4.78, 5) is 11.3. The van der Waals surface area contributed by atoms with Crippen molar-refractivity contribution in [1.29, 1.82) is 0 Å². The van der Waals surface area contributed by atoms with Crippen molar-refractivity contribution in [2.24, 2.45) is 0 Å². The van der Waals surface area contributed by atoms with Crippen molar-refractivity contribution in [2.45, 2.75) is 18.8 Å². The summed E-state index contributed by atoms with van der Waals surface area (Å²) in [6.45, 7) is 0. The summed E-state index contributed by atoms with van der Waals surface area (Å²) in [5.74, 6) is 0.367. The van der Waals surface area contributed by atoms with Crippen LogP contribution in [0.4, 0.5) is 0 Å². The number of rotatable bonds is 1. The number of aliphatic hydroxyl groups is 1. The summed E-state index contributed by atoms with van der Waals surface area (Å²) in [5, 5.41) is 9.35. The molecule has 1 aliphatic rings. The number of hydrogen-bond donors (Lipinski definition) is 1. The summed E-state index contributed by atoms with van der Waals surface area (Å²) in [6, 6.07) is 9.79. The van der Waals surface area contributed by atoms with E-state index in [9.17, 15) is 9.90 Å². The Balaban J connectivity index is 2.28. The first-order valence-electron chi connectivity index (χ1n) is 4.72. The van der Waals surface area contributed by atoms with Crippen LogP contribution in [0.25, 0.3) is 0 Å². The maximum Gasteiger partial charge on any atom is 0.141 e. The van der Waals surface area contributed by atoms with E-state index in [0.29, 0.717) is 6.42 Å². The number of hydrogen-bond acceptors (Lipinski definition) is 2. The number of aliphatic hydroxyl groups excluding tert-OH is 1. The smallest absolute Gasteiger partial charge is 0.141 e. The van der Waals surface area contributed by atoms with Crippen molar-refractivity contribution >= 4 is 5.78 Å². The summed E-state index contributed by atoms with van der Waals surface area (Å²) >= 11 is 0. The van der Waals surface area contributed by atoms with E-state index in [1.807, 2.05) is 30.3 Å². The third-order valence-corrected chi connectivity index (χ3v) is 2.45. The fourth-order valence-electron chi connectivity index (χ4n) is 1.78. The van der Waals surface area contributed by atoms with Gasteiger partial charge in [-0.3, -0.25) is 4.79 Å². The number of carbonyl (C=O) groups excluding carboxylic acids is 1. The lowest BCUT2D eigenvalue weighted by atomic mass is 9.88. The minimum absolute atomic E-state index is 0.0532. The van der Waals surface area contributed by atoms with Crippen molar-refractivity contribution in [3.8, 4) is 0 Å². The average molecular weight is 188 g/mol. The van der Waals surface area contributed by atoms with Crippen molar-refractivity contribution in [1.82, 2.24) is 0 Å². The molecular weight excluding hydrogens is 176 g/mol. The SMILES string of the molecule is O=C1CC(O)=CC(c2ccccc2)C1. The number of carbonyl (C=O) groups is 1. The molecule has 1 N–H and O–H groups in total. The van der Waals surface area contributed by atoms with Gasteiger partial charge in [-0.05, 0) is 11.6 Å². The highest BCUT2D eigenvalue weighted by Crippen LogP contribution is 2.27. The van der Waals surface area contributed by atoms with Crippen LogP contribution >= 0.6 is 0 Å². The first-order chi connectivity index (χ1) is 6.75. The quantitative estimate of drug-likeness (QED) is 0.735. The second-order valence-electron chi connectivity index (χ2n) is 3.59.